The van der Waals surface area contributed by atoms with Gasteiger partial charge in [-0.25, -0.2) is 8.42 Å². The van der Waals surface area contributed by atoms with Crippen LogP contribution < -0.4 is 9.62 Å². The molecule has 0 spiro atoms. The van der Waals surface area contributed by atoms with Crippen LogP contribution in [0.1, 0.15) is 55.1 Å². The summed E-state index contributed by atoms with van der Waals surface area (Å²) in [5.74, 6) is -1.04. The maximum absolute atomic E-state index is 13.5. The van der Waals surface area contributed by atoms with E-state index in [2.05, 4.69) is 5.32 Å². The number of carbonyl (C=O) groups excluding carboxylic acids is 3. The molecule has 9 heteroatoms. The molecule has 2 rings (SSSR count). The summed E-state index contributed by atoms with van der Waals surface area (Å²) in [6, 6.07) is 12.9. The Labute approximate surface area is 208 Å². The van der Waals surface area contributed by atoms with Crippen LogP contribution in [0.3, 0.4) is 0 Å². The molecule has 0 fully saturated rings. The van der Waals surface area contributed by atoms with Gasteiger partial charge in [0.1, 0.15) is 12.6 Å². The van der Waals surface area contributed by atoms with Crippen molar-refractivity contribution in [3.63, 3.8) is 0 Å². The van der Waals surface area contributed by atoms with Crippen molar-refractivity contribution >= 4 is 33.3 Å². The van der Waals surface area contributed by atoms with Gasteiger partial charge in [0, 0.05) is 18.7 Å². The number of unbranched alkanes of at least 4 members (excludes halogenated alkanes) is 1. The summed E-state index contributed by atoms with van der Waals surface area (Å²) in [4.78, 5) is 39.6. The zero-order chi connectivity index (χ0) is 26.2. The van der Waals surface area contributed by atoms with Crippen LogP contribution in [-0.4, -0.2) is 56.3 Å². The molecule has 0 aromatic heterocycles. The summed E-state index contributed by atoms with van der Waals surface area (Å²) in [7, 11) is -3.86. The topological polar surface area (TPSA) is 104 Å². The van der Waals surface area contributed by atoms with Gasteiger partial charge in [-0.05, 0) is 44.9 Å². The molecule has 1 atom stereocenters. The highest BCUT2D eigenvalue weighted by Gasteiger charge is 2.30. The lowest BCUT2D eigenvalue weighted by atomic mass is 10.1. The molecule has 0 bridgehead atoms. The third-order valence-electron chi connectivity index (χ3n) is 5.65. The summed E-state index contributed by atoms with van der Waals surface area (Å²) < 4.78 is 26.3. The molecule has 35 heavy (non-hydrogen) atoms. The van der Waals surface area contributed by atoms with Crippen molar-refractivity contribution in [3.05, 3.63) is 65.2 Å². The molecule has 2 aromatic carbocycles. The van der Waals surface area contributed by atoms with E-state index in [0.717, 1.165) is 34.5 Å². The second-order valence-corrected chi connectivity index (χ2v) is 10.6. The average molecular weight is 502 g/mol. The average Bonchev–Trinajstić information content (AvgIpc) is 2.79. The van der Waals surface area contributed by atoms with Gasteiger partial charge in [-0.1, -0.05) is 55.3 Å². The monoisotopic (exact) mass is 501 g/mol. The largest absolute Gasteiger partial charge is 0.354 e. The van der Waals surface area contributed by atoms with E-state index in [0.29, 0.717) is 12.1 Å². The highest BCUT2D eigenvalue weighted by molar-refractivity contribution is 7.92. The van der Waals surface area contributed by atoms with Crippen LogP contribution in [0.25, 0.3) is 0 Å². The Morgan fingerprint density at radius 2 is 1.74 bits per heavy atom. The van der Waals surface area contributed by atoms with Crippen LogP contribution >= 0.6 is 0 Å². The molecule has 0 aliphatic rings. The molecule has 0 saturated carbocycles. The molecule has 2 amide bonds. The predicted molar refractivity (Wildman–Crippen MR) is 138 cm³/mol. The van der Waals surface area contributed by atoms with Crippen LogP contribution in [0, 0.1) is 6.92 Å². The van der Waals surface area contributed by atoms with Crippen LogP contribution in [0.4, 0.5) is 5.69 Å². The van der Waals surface area contributed by atoms with Gasteiger partial charge in [0.25, 0.3) is 0 Å². The smallest absolute Gasteiger partial charge is 0.244 e. The zero-order valence-electron chi connectivity index (χ0n) is 21.1. The summed E-state index contributed by atoms with van der Waals surface area (Å²) in [6.07, 6.45) is 2.74. The molecule has 0 aliphatic carbocycles. The van der Waals surface area contributed by atoms with Crippen molar-refractivity contribution in [1.82, 2.24) is 10.2 Å². The number of nitrogens with zero attached hydrogens (tertiary/aromatic N) is 2. The molecule has 0 aliphatic heterocycles. The van der Waals surface area contributed by atoms with Gasteiger partial charge in [-0.15, -0.1) is 0 Å². The molecule has 1 N–H and O–H groups in total. The molecule has 0 radical (unpaired) electrons. The van der Waals surface area contributed by atoms with Crippen LogP contribution in [0.5, 0.6) is 0 Å². The minimum absolute atomic E-state index is 0.147. The van der Waals surface area contributed by atoms with Gasteiger partial charge >= 0.3 is 0 Å². The van der Waals surface area contributed by atoms with Crippen molar-refractivity contribution in [2.75, 3.05) is 23.7 Å². The Bertz CT molecular complexity index is 1160. The minimum atomic E-state index is -3.86. The van der Waals surface area contributed by atoms with Crippen molar-refractivity contribution in [1.29, 1.82) is 0 Å². The molecule has 1 unspecified atom stereocenters. The maximum atomic E-state index is 13.5. The van der Waals surface area contributed by atoms with Gasteiger partial charge in [-0.3, -0.25) is 18.7 Å². The number of hydrogen-bond donors (Lipinski definition) is 1. The number of sulfonamides is 1. The third kappa shape index (κ3) is 8.20. The number of ketones is 1. The highest BCUT2D eigenvalue weighted by atomic mass is 32.2. The SMILES string of the molecule is CCCCNC(=O)C(C)N(Cc1cccc(C)c1)C(=O)CN(c1cccc(C(C)=O)c1)S(C)(=O)=O. The molecule has 190 valence electrons. The molecule has 8 nitrogen and oxygen atoms in total. The maximum Gasteiger partial charge on any atom is 0.244 e. The number of rotatable bonds is 12. The minimum Gasteiger partial charge on any atom is -0.354 e. The lowest BCUT2D eigenvalue weighted by Crippen LogP contribution is -2.51. The number of anilines is 1. The first-order valence-electron chi connectivity index (χ1n) is 11.7. The Balaban J connectivity index is 2.39. The number of amides is 2. The molecule has 2 aromatic rings. The predicted octanol–water partition coefficient (Wildman–Crippen LogP) is 3.30. The molecule has 0 saturated heterocycles. The Hall–Kier alpha value is -3.20. The first-order valence-corrected chi connectivity index (χ1v) is 13.5. The molecule has 0 heterocycles. The lowest BCUT2D eigenvalue weighted by Gasteiger charge is -2.31. The van der Waals surface area contributed by atoms with E-state index in [-0.39, 0.29) is 23.9 Å². The fourth-order valence-electron chi connectivity index (χ4n) is 3.62. The van der Waals surface area contributed by atoms with Crippen LogP contribution in [0.15, 0.2) is 48.5 Å². The van der Waals surface area contributed by atoms with E-state index in [1.54, 1.807) is 19.1 Å². The molecular formula is C26H35N3O5S. The third-order valence-corrected chi connectivity index (χ3v) is 6.79. The highest BCUT2D eigenvalue weighted by Crippen LogP contribution is 2.21. The number of benzene rings is 2. The quantitative estimate of drug-likeness (QED) is 0.355. The van der Waals surface area contributed by atoms with E-state index < -0.39 is 28.5 Å². The number of aryl methyl sites for hydroxylation is 1. The lowest BCUT2D eigenvalue weighted by molar-refractivity contribution is -0.139. The van der Waals surface area contributed by atoms with Crippen LogP contribution in [0.2, 0.25) is 0 Å². The van der Waals surface area contributed by atoms with E-state index >= 15 is 0 Å². The van der Waals surface area contributed by atoms with Crippen molar-refractivity contribution in [2.45, 2.75) is 53.1 Å². The van der Waals surface area contributed by atoms with Gasteiger partial charge in [-0.2, -0.15) is 0 Å². The summed E-state index contributed by atoms with van der Waals surface area (Å²) >= 11 is 0. The fourth-order valence-corrected chi connectivity index (χ4v) is 4.46. The normalized spacial score (nSPS) is 12.0. The number of nitrogens with one attached hydrogen (secondary N) is 1. The number of hydrogen-bond acceptors (Lipinski definition) is 5. The first kappa shape index (κ1) is 28.0. The number of carbonyl (C=O) groups is 3. The van der Waals surface area contributed by atoms with Gasteiger partial charge in [0.15, 0.2) is 5.78 Å². The molecular weight excluding hydrogens is 466 g/mol. The summed E-state index contributed by atoms with van der Waals surface area (Å²) in [6.45, 7) is 7.12. The van der Waals surface area contributed by atoms with Crippen molar-refractivity contribution in [2.24, 2.45) is 0 Å². The fraction of sp³-hybridized carbons (Fsp3) is 0.423. The summed E-state index contributed by atoms with van der Waals surface area (Å²) in [5, 5.41) is 2.85. The number of Topliss-reactive ketones (excluding diaryl/α,β-unsaturated/α-hetero) is 1. The van der Waals surface area contributed by atoms with Gasteiger partial charge in [0.05, 0.1) is 11.9 Å². The second-order valence-electron chi connectivity index (χ2n) is 8.71. The van der Waals surface area contributed by atoms with E-state index in [4.69, 9.17) is 0 Å². The Morgan fingerprint density at radius 3 is 2.34 bits per heavy atom. The Kier molecular flexibility index (Phi) is 10.0. The van der Waals surface area contributed by atoms with E-state index in [9.17, 15) is 22.8 Å². The van der Waals surface area contributed by atoms with Gasteiger partial charge in [0.2, 0.25) is 21.8 Å². The van der Waals surface area contributed by atoms with Crippen molar-refractivity contribution < 1.29 is 22.8 Å². The van der Waals surface area contributed by atoms with E-state index in [1.807, 2.05) is 38.1 Å². The Morgan fingerprint density at radius 1 is 1.06 bits per heavy atom. The van der Waals surface area contributed by atoms with Gasteiger partial charge < -0.3 is 10.2 Å². The standard InChI is InChI=1S/C26H35N3O5S/c1-6-7-14-27-26(32)20(3)28(17-22-11-8-10-19(2)15-22)25(31)18-29(35(5,33)34)24-13-9-12-23(16-24)21(4)30/h8-13,15-16,20H,6-7,14,17-18H2,1-5H3,(H,27,32). The van der Waals surface area contributed by atoms with E-state index in [1.165, 1.54) is 24.0 Å². The zero-order valence-corrected chi connectivity index (χ0v) is 21.9. The van der Waals surface area contributed by atoms with Crippen LogP contribution in [-0.2, 0) is 26.2 Å². The van der Waals surface area contributed by atoms with Crippen molar-refractivity contribution in [3.8, 4) is 0 Å². The second kappa shape index (κ2) is 12.5. The first-order chi connectivity index (χ1) is 16.4. The summed E-state index contributed by atoms with van der Waals surface area (Å²) in [5.41, 5.74) is 2.39.